The number of ether oxygens (including phenoxy) is 1. The lowest BCUT2D eigenvalue weighted by Gasteiger charge is -2.32. The van der Waals surface area contributed by atoms with Gasteiger partial charge in [-0.1, -0.05) is 73.5 Å². The van der Waals surface area contributed by atoms with Crippen LogP contribution in [-0.2, 0) is 32.6 Å². The maximum Gasteiger partial charge on any atom is 0.243 e. The lowest BCUT2D eigenvalue weighted by molar-refractivity contribution is -0.141. The van der Waals surface area contributed by atoms with E-state index in [0.717, 1.165) is 35.8 Å². The average Bonchev–Trinajstić information content (AvgIpc) is 2.97. The van der Waals surface area contributed by atoms with Crippen LogP contribution in [0.1, 0.15) is 49.3 Å². The molecule has 3 aromatic rings. The van der Waals surface area contributed by atoms with E-state index < -0.39 is 16.1 Å². The molecule has 1 unspecified atom stereocenters. The summed E-state index contributed by atoms with van der Waals surface area (Å²) in [5.41, 5.74) is 3.45. The number of aryl methyl sites for hydroxylation is 1. The number of hydrogen-bond donors (Lipinski definition) is 1. The van der Waals surface area contributed by atoms with Gasteiger partial charge in [-0.05, 0) is 55.2 Å². The zero-order valence-electron chi connectivity index (χ0n) is 25.1. The van der Waals surface area contributed by atoms with Gasteiger partial charge in [0, 0.05) is 32.5 Å². The molecule has 3 rings (SSSR count). The molecule has 0 aliphatic rings. The van der Waals surface area contributed by atoms with Crippen LogP contribution in [0.15, 0.2) is 78.9 Å². The van der Waals surface area contributed by atoms with Gasteiger partial charge in [0.05, 0.1) is 19.1 Å². The molecule has 0 radical (unpaired) electrons. The normalized spacial score (nSPS) is 11.9. The molecule has 1 atom stereocenters. The number of methoxy groups -OCH3 is 1. The van der Waals surface area contributed by atoms with Gasteiger partial charge in [0.2, 0.25) is 21.8 Å². The van der Waals surface area contributed by atoms with Gasteiger partial charge in [-0.2, -0.15) is 0 Å². The van der Waals surface area contributed by atoms with E-state index in [9.17, 15) is 18.0 Å². The predicted molar refractivity (Wildman–Crippen MR) is 168 cm³/mol. The third kappa shape index (κ3) is 9.91. The van der Waals surface area contributed by atoms with E-state index in [1.54, 1.807) is 36.3 Å². The summed E-state index contributed by atoms with van der Waals surface area (Å²) in [6.45, 7) is 4.99. The van der Waals surface area contributed by atoms with E-state index in [2.05, 4.69) is 12.2 Å². The SMILES string of the molecule is CCCCNC(=O)C(Cc1ccccc1)N(Cc1cccc(C)c1)C(=O)CCCN(c1ccc(OC)cc1)S(C)(=O)=O. The topological polar surface area (TPSA) is 96.0 Å². The Bertz CT molecular complexity index is 1390. The Morgan fingerprint density at radius 3 is 2.24 bits per heavy atom. The smallest absolute Gasteiger partial charge is 0.243 e. The molecule has 1 N–H and O–H groups in total. The number of carbonyl (C=O) groups is 2. The van der Waals surface area contributed by atoms with Gasteiger partial charge in [-0.3, -0.25) is 13.9 Å². The van der Waals surface area contributed by atoms with E-state index in [-0.39, 0.29) is 37.7 Å². The number of rotatable bonds is 16. The summed E-state index contributed by atoms with van der Waals surface area (Å²) >= 11 is 0. The number of benzene rings is 3. The van der Waals surface area contributed by atoms with Crippen molar-refractivity contribution in [2.45, 2.75) is 58.5 Å². The van der Waals surface area contributed by atoms with E-state index in [1.165, 1.54) is 4.31 Å². The number of anilines is 1. The molecule has 0 aliphatic heterocycles. The number of unbranched alkanes of at least 4 members (excludes halogenated alkanes) is 1. The first-order chi connectivity index (χ1) is 20.1. The first-order valence-electron chi connectivity index (χ1n) is 14.4. The number of sulfonamides is 1. The van der Waals surface area contributed by atoms with Crippen LogP contribution in [0, 0.1) is 6.92 Å². The van der Waals surface area contributed by atoms with E-state index in [4.69, 9.17) is 4.74 Å². The zero-order chi connectivity index (χ0) is 30.5. The molecule has 0 heterocycles. The maximum atomic E-state index is 13.9. The van der Waals surface area contributed by atoms with Gasteiger partial charge in [0.15, 0.2) is 0 Å². The molecule has 0 aliphatic carbocycles. The molecule has 3 aromatic carbocycles. The molecular formula is C33H43N3O5S. The highest BCUT2D eigenvalue weighted by molar-refractivity contribution is 7.92. The van der Waals surface area contributed by atoms with Crippen molar-refractivity contribution in [2.75, 3.05) is 30.8 Å². The van der Waals surface area contributed by atoms with Crippen molar-refractivity contribution in [3.05, 3.63) is 95.6 Å². The molecule has 0 saturated carbocycles. The molecule has 0 saturated heterocycles. The van der Waals surface area contributed by atoms with Crippen LogP contribution in [0.2, 0.25) is 0 Å². The van der Waals surface area contributed by atoms with E-state index in [1.807, 2.05) is 61.5 Å². The Labute approximate surface area is 250 Å². The van der Waals surface area contributed by atoms with Crippen LogP contribution in [-0.4, -0.2) is 57.6 Å². The summed E-state index contributed by atoms with van der Waals surface area (Å²) < 4.78 is 31.8. The molecule has 0 bridgehead atoms. The van der Waals surface area contributed by atoms with Crippen molar-refractivity contribution in [3.8, 4) is 5.75 Å². The monoisotopic (exact) mass is 593 g/mol. The predicted octanol–water partition coefficient (Wildman–Crippen LogP) is 5.11. The van der Waals surface area contributed by atoms with Crippen molar-refractivity contribution < 1.29 is 22.7 Å². The van der Waals surface area contributed by atoms with Crippen LogP contribution < -0.4 is 14.4 Å². The highest BCUT2D eigenvalue weighted by atomic mass is 32.2. The first kappa shape index (κ1) is 32.7. The fraction of sp³-hybridized carbons (Fsp3) is 0.394. The Hall–Kier alpha value is -3.85. The minimum Gasteiger partial charge on any atom is -0.497 e. The van der Waals surface area contributed by atoms with Crippen molar-refractivity contribution in [3.63, 3.8) is 0 Å². The summed E-state index contributed by atoms with van der Waals surface area (Å²) in [6.07, 6.45) is 3.69. The summed E-state index contributed by atoms with van der Waals surface area (Å²) in [7, 11) is -2.04. The highest BCUT2D eigenvalue weighted by Gasteiger charge is 2.30. The first-order valence-corrected chi connectivity index (χ1v) is 16.3. The second-order valence-corrected chi connectivity index (χ2v) is 12.4. The molecule has 226 valence electrons. The molecule has 0 fully saturated rings. The van der Waals surface area contributed by atoms with Crippen molar-refractivity contribution in [1.29, 1.82) is 0 Å². The van der Waals surface area contributed by atoms with Crippen LogP contribution in [0.25, 0.3) is 0 Å². The molecule has 42 heavy (non-hydrogen) atoms. The molecular weight excluding hydrogens is 550 g/mol. The molecule has 0 aromatic heterocycles. The van der Waals surface area contributed by atoms with Crippen molar-refractivity contribution in [2.24, 2.45) is 0 Å². The van der Waals surface area contributed by atoms with Gasteiger partial charge in [-0.25, -0.2) is 8.42 Å². The number of nitrogens with zero attached hydrogens (tertiary/aromatic N) is 2. The van der Waals surface area contributed by atoms with Gasteiger partial charge < -0.3 is 15.0 Å². The lowest BCUT2D eigenvalue weighted by atomic mass is 10.0. The molecule has 2 amide bonds. The van der Waals surface area contributed by atoms with Crippen LogP contribution in [0.3, 0.4) is 0 Å². The average molecular weight is 594 g/mol. The third-order valence-electron chi connectivity index (χ3n) is 7.05. The van der Waals surface area contributed by atoms with Crippen LogP contribution >= 0.6 is 0 Å². The third-order valence-corrected chi connectivity index (χ3v) is 8.24. The quantitative estimate of drug-likeness (QED) is 0.233. The minimum absolute atomic E-state index is 0.0848. The standard InChI is InChI=1S/C33H43N3O5S/c1-5-6-21-34-33(38)31(24-27-13-8-7-9-14-27)35(25-28-15-10-12-26(2)23-28)32(37)16-11-22-36(42(4,39)40)29-17-19-30(41-3)20-18-29/h7-10,12-15,17-20,23,31H,5-6,11,16,21-22,24-25H2,1-4H3,(H,34,38). The fourth-order valence-corrected chi connectivity index (χ4v) is 5.79. The van der Waals surface area contributed by atoms with E-state index >= 15 is 0 Å². The van der Waals surface area contributed by atoms with Crippen molar-refractivity contribution in [1.82, 2.24) is 10.2 Å². The Morgan fingerprint density at radius 2 is 1.62 bits per heavy atom. The van der Waals surface area contributed by atoms with E-state index in [0.29, 0.717) is 24.4 Å². The van der Waals surface area contributed by atoms with Crippen LogP contribution in [0.4, 0.5) is 5.69 Å². The van der Waals surface area contributed by atoms with Gasteiger partial charge in [-0.15, -0.1) is 0 Å². The Balaban J connectivity index is 1.86. The number of hydrogen-bond acceptors (Lipinski definition) is 5. The number of nitrogens with one attached hydrogen (secondary N) is 1. The number of amides is 2. The van der Waals surface area contributed by atoms with Crippen molar-refractivity contribution >= 4 is 27.5 Å². The summed E-state index contributed by atoms with van der Waals surface area (Å²) in [5.74, 6) is 0.228. The van der Waals surface area contributed by atoms with Gasteiger partial charge in [0.1, 0.15) is 11.8 Å². The zero-order valence-corrected chi connectivity index (χ0v) is 25.9. The Morgan fingerprint density at radius 1 is 0.929 bits per heavy atom. The summed E-state index contributed by atoms with van der Waals surface area (Å²) in [4.78, 5) is 29.1. The Kier molecular flexibility index (Phi) is 12.4. The minimum atomic E-state index is -3.59. The summed E-state index contributed by atoms with van der Waals surface area (Å²) in [6, 6.07) is 23.6. The molecule has 9 heteroatoms. The van der Waals surface area contributed by atoms with Gasteiger partial charge in [0.25, 0.3) is 0 Å². The molecule has 8 nitrogen and oxygen atoms in total. The lowest BCUT2D eigenvalue weighted by Crippen LogP contribution is -2.50. The largest absolute Gasteiger partial charge is 0.497 e. The second-order valence-electron chi connectivity index (χ2n) is 10.5. The fourth-order valence-electron chi connectivity index (χ4n) is 4.82. The van der Waals surface area contributed by atoms with Crippen LogP contribution in [0.5, 0.6) is 5.75 Å². The summed E-state index contributed by atoms with van der Waals surface area (Å²) in [5, 5.41) is 3.03. The highest BCUT2D eigenvalue weighted by Crippen LogP contribution is 2.23. The van der Waals surface area contributed by atoms with Gasteiger partial charge >= 0.3 is 0 Å². The second kappa shape index (κ2) is 16.0. The number of carbonyl (C=O) groups excluding carboxylic acids is 2. The molecule has 0 spiro atoms. The maximum absolute atomic E-state index is 13.9.